The summed E-state index contributed by atoms with van der Waals surface area (Å²) in [5.41, 5.74) is 2.38. The second-order valence-corrected chi connectivity index (χ2v) is 6.21. The monoisotopic (exact) mass is 414 g/mol. The van der Waals surface area contributed by atoms with E-state index in [1.54, 1.807) is 6.07 Å². The van der Waals surface area contributed by atoms with Crippen molar-refractivity contribution in [1.82, 2.24) is 4.57 Å². The summed E-state index contributed by atoms with van der Waals surface area (Å²) in [5.74, 6) is -0.370. The standard InChI is InChI=1S/C15H16Br2N2O2/c1-3-19-6-4-5-11(19)9-18-14-12(15(20)21-2)7-10(16)8-13(14)17/h4-8,18H,3,9H2,1-2H3. The van der Waals surface area contributed by atoms with E-state index in [1.807, 2.05) is 18.3 Å². The fourth-order valence-electron chi connectivity index (χ4n) is 2.12. The number of methoxy groups -OCH3 is 1. The Morgan fingerprint density at radius 1 is 1.38 bits per heavy atom. The Hall–Kier alpha value is -1.27. The Bertz CT molecular complexity index is 653. The lowest BCUT2D eigenvalue weighted by atomic mass is 10.1. The number of ether oxygens (including phenoxy) is 1. The van der Waals surface area contributed by atoms with Crippen molar-refractivity contribution in [3.8, 4) is 0 Å². The molecule has 2 rings (SSSR count). The fourth-order valence-corrected chi connectivity index (χ4v) is 3.49. The summed E-state index contributed by atoms with van der Waals surface area (Å²) in [4.78, 5) is 11.9. The van der Waals surface area contributed by atoms with Crippen LogP contribution in [0.25, 0.3) is 0 Å². The first-order valence-corrected chi connectivity index (χ1v) is 8.10. The van der Waals surface area contributed by atoms with Gasteiger partial charge < -0.3 is 14.6 Å². The van der Waals surface area contributed by atoms with E-state index >= 15 is 0 Å². The molecule has 6 heteroatoms. The van der Waals surface area contributed by atoms with Gasteiger partial charge in [-0.05, 0) is 47.1 Å². The summed E-state index contributed by atoms with van der Waals surface area (Å²) in [6.45, 7) is 3.64. The van der Waals surface area contributed by atoms with E-state index in [9.17, 15) is 4.79 Å². The highest BCUT2D eigenvalue weighted by Crippen LogP contribution is 2.31. The number of esters is 1. The van der Waals surface area contributed by atoms with Crippen LogP contribution in [0.5, 0.6) is 0 Å². The smallest absolute Gasteiger partial charge is 0.340 e. The van der Waals surface area contributed by atoms with Crippen LogP contribution in [0.2, 0.25) is 0 Å². The molecule has 2 aromatic rings. The molecule has 0 radical (unpaired) electrons. The van der Waals surface area contributed by atoms with Gasteiger partial charge in [0, 0.05) is 27.4 Å². The molecule has 1 aromatic heterocycles. The maximum absolute atomic E-state index is 11.9. The molecule has 0 spiro atoms. The molecule has 1 heterocycles. The third kappa shape index (κ3) is 3.68. The minimum atomic E-state index is -0.370. The van der Waals surface area contributed by atoms with Crippen molar-refractivity contribution < 1.29 is 9.53 Å². The largest absolute Gasteiger partial charge is 0.465 e. The van der Waals surface area contributed by atoms with Crippen LogP contribution < -0.4 is 5.32 Å². The summed E-state index contributed by atoms with van der Waals surface area (Å²) in [7, 11) is 1.38. The van der Waals surface area contributed by atoms with Crippen molar-refractivity contribution in [2.45, 2.75) is 20.0 Å². The number of nitrogens with zero attached hydrogens (tertiary/aromatic N) is 1. The maximum Gasteiger partial charge on any atom is 0.340 e. The molecule has 0 saturated carbocycles. The number of aryl methyl sites for hydroxylation is 1. The second-order valence-electron chi connectivity index (χ2n) is 4.44. The van der Waals surface area contributed by atoms with E-state index in [2.05, 4.69) is 54.7 Å². The number of hydrogen-bond acceptors (Lipinski definition) is 3. The quantitative estimate of drug-likeness (QED) is 0.734. The Morgan fingerprint density at radius 3 is 2.81 bits per heavy atom. The molecule has 112 valence electrons. The summed E-state index contributed by atoms with van der Waals surface area (Å²) in [5, 5.41) is 3.31. The van der Waals surface area contributed by atoms with E-state index in [0.29, 0.717) is 12.1 Å². The Kier molecular flexibility index (Phi) is 5.47. The number of rotatable bonds is 5. The van der Waals surface area contributed by atoms with E-state index in [-0.39, 0.29) is 5.97 Å². The van der Waals surface area contributed by atoms with E-state index in [0.717, 1.165) is 26.9 Å². The van der Waals surface area contributed by atoms with Crippen LogP contribution in [-0.2, 0) is 17.8 Å². The molecule has 0 aliphatic heterocycles. The molecular formula is C15H16Br2N2O2. The zero-order valence-electron chi connectivity index (χ0n) is 11.8. The van der Waals surface area contributed by atoms with Gasteiger partial charge in [-0.2, -0.15) is 0 Å². The van der Waals surface area contributed by atoms with E-state index < -0.39 is 0 Å². The molecule has 0 unspecified atom stereocenters. The number of carbonyl (C=O) groups excluding carboxylic acids is 1. The third-order valence-corrected chi connectivity index (χ3v) is 4.25. The number of anilines is 1. The lowest BCUT2D eigenvalue weighted by molar-refractivity contribution is 0.0601. The van der Waals surface area contributed by atoms with Crippen LogP contribution >= 0.6 is 31.9 Å². The number of hydrogen-bond donors (Lipinski definition) is 1. The molecule has 0 saturated heterocycles. The van der Waals surface area contributed by atoms with Crippen molar-refractivity contribution in [3.05, 3.63) is 50.7 Å². The van der Waals surface area contributed by atoms with Crippen LogP contribution in [0.3, 0.4) is 0 Å². The number of aromatic nitrogens is 1. The van der Waals surface area contributed by atoms with Gasteiger partial charge >= 0.3 is 5.97 Å². The highest BCUT2D eigenvalue weighted by atomic mass is 79.9. The summed E-state index contributed by atoms with van der Waals surface area (Å²) < 4.78 is 8.62. The number of benzene rings is 1. The van der Waals surface area contributed by atoms with Gasteiger partial charge in [0.25, 0.3) is 0 Å². The fraction of sp³-hybridized carbons (Fsp3) is 0.267. The van der Waals surface area contributed by atoms with Gasteiger partial charge in [-0.3, -0.25) is 0 Å². The van der Waals surface area contributed by atoms with Gasteiger partial charge in [-0.1, -0.05) is 15.9 Å². The first-order chi connectivity index (χ1) is 10.1. The topological polar surface area (TPSA) is 43.3 Å². The maximum atomic E-state index is 11.9. The average Bonchev–Trinajstić information content (AvgIpc) is 2.92. The van der Waals surface area contributed by atoms with Gasteiger partial charge in [0.1, 0.15) is 0 Å². The number of carbonyl (C=O) groups is 1. The highest BCUT2D eigenvalue weighted by Gasteiger charge is 2.16. The Labute approximate surface area is 140 Å². The molecule has 0 bridgehead atoms. The van der Waals surface area contributed by atoms with Crippen LogP contribution in [0, 0.1) is 0 Å². The predicted octanol–water partition coefficient (Wildman–Crippen LogP) is 4.43. The summed E-state index contributed by atoms with van der Waals surface area (Å²) >= 11 is 6.88. The zero-order chi connectivity index (χ0) is 15.4. The van der Waals surface area contributed by atoms with Crippen LogP contribution in [0.4, 0.5) is 5.69 Å². The lowest BCUT2D eigenvalue weighted by Gasteiger charge is -2.14. The molecule has 0 fully saturated rings. The average molecular weight is 416 g/mol. The number of nitrogens with one attached hydrogen (secondary N) is 1. The number of halogens is 2. The Balaban J connectivity index is 2.29. The molecule has 0 amide bonds. The van der Waals surface area contributed by atoms with Crippen molar-refractivity contribution in [2.75, 3.05) is 12.4 Å². The third-order valence-electron chi connectivity index (χ3n) is 3.17. The molecular weight excluding hydrogens is 400 g/mol. The van der Waals surface area contributed by atoms with Gasteiger partial charge in [-0.15, -0.1) is 0 Å². The summed E-state index contributed by atoms with van der Waals surface area (Å²) in [6, 6.07) is 7.71. The first kappa shape index (κ1) is 16.1. The molecule has 0 atom stereocenters. The van der Waals surface area contributed by atoms with Gasteiger partial charge in [0.15, 0.2) is 0 Å². The van der Waals surface area contributed by atoms with Gasteiger partial charge in [0.2, 0.25) is 0 Å². The molecule has 1 aromatic carbocycles. The van der Waals surface area contributed by atoms with Gasteiger partial charge in [-0.25, -0.2) is 4.79 Å². The zero-order valence-corrected chi connectivity index (χ0v) is 15.0. The van der Waals surface area contributed by atoms with E-state index in [4.69, 9.17) is 4.74 Å². The molecule has 0 aliphatic rings. The molecule has 4 nitrogen and oxygen atoms in total. The molecule has 1 N–H and O–H groups in total. The lowest BCUT2D eigenvalue weighted by Crippen LogP contribution is -2.11. The van der Waals surface area contributed by atoms with Crippen molar-refractivity contribution in [3.63, 3.8) is 0 Å². The van der Waals surface area contributed by atoms with Crippen molar-refractivity contribution in [1.29, 1.82) is 0 Å². The normalized spacial score (nSPS) is 10.5. The summed E-state index contributed by atoms with van der Waals surface area (Å²) in [6.07, 6.45) is 2.04. The van der Waals surface area contributed by atoms with Crippen LogP contribution in [-0.4, -0.2) is 17.6 Å². The second kappa shape index (κ2) is 7.13. The predicted molar refractivity (Wildman–Crippen MR) is 90.6 cm³/mol. The van der Waals surface area contributed by atoms with Crippen molar-refractivity contribution in [2.24, 2.45) is 0 Å². The van der Waals surface area contributed by atoms with Crippen molar-refractivity contribution >= 4 is 43.5 Å². The minimum Gasteiger partial charge on any atom is -0.465 e. The van der Waals surface area contributed by atoms with E-state index in [1.165, 1.54) is 7.11 Å². The van der Waals surface area contributed by atoms with Gasteiger partial charge in [0.05, 0.1) is 24.9 Å². The first-order valence-electron chi connectivity index (χ1n) is 6.52. The minimum absolute atomic E-state index is 0.370. The van der Waals surface area contributed by atoms with Crippen LogP contribution in [0.1, 0.15) is 23.0 Å². The highest BCUT2D eigenvalue weighted by molar-refractivity contribution is 9.11. The SMILES string of the molecule is CCn1cccc1CNc1c(Br)cc(Br)cc1C(=O)OC. The molecule has 0 aliphatic carbocycles. The van der Waals surface area contributed by atoms with Crippen LogP contribution in [0.15, 0.2) is 39.4 Å². The Morgan fingerprint density at radius 2 is 2.14 bits per heavy atom. The molecule has 21 heavy (non-hydrogen) atoms.